The summed E-state index contributed by atoms with van der Waals surface area (Å²) < 4.78 is 5.09. The quantitative estimate of drug-likeness (QED) is 0.733. The van der Waals surface area contributed by atoms with Crippen molar-refractivity contribution in [1.29, 1.82) is 0 Å². The van der Waals surface area contributed by atoms with E-state index in [4.69, 9.17) is 4.74 Å². The van der Waals surface area contributed by atoms with Crippen LogP contribution in [0.4, 0.5) is 5.13 Å². The van der Waals surface area contributed by atoms with Gasteiger partial charge in [0, 0.05) is 17.4 Å². The van der Waals surface area contributed by atoms with E-state index in [-0.39, 0.29) is 11.8 Å². The molecule has 1 unspecified atom stereocenters. The first-order valence-corrected chi connectivity index (χ1v) is 9.32. The Bertz CT molecular complexity index is 810. The van der Waals surface area contributed by atoms with Crippen LogP contribution in [-0.4, -0.2) is 29.9 Å². The van der Waals surface area contributed by atoms with Crippen LogP contribution >= 0.6 is 11.3 Å². The van der Waals surface area contributed by atoms with E-state index in [9.17, 15) is 9.59 Å². The average molecular weight is 371 g/mol. The van der Waals surface area contributed by atoms with Gasteiger partial charge >= 0.3 is 0 Å². The predicted octanol–water partition coefficient (Wildman–Crippen LogP) is 3.19. The Labute approximate surface area is 156 Å². The van der Waals surface area contributed by atoms with Crippen LogP contribution in [0.5, 0.6) is 5.75 Å². The van der Waals surface area contributed by atoms with Crippen LogP contribution in [0.1, 0.15) is 36.9 Å². The van der Waals surface area contributed by atoms with E-state index < -0.39 is 6.04 Å². The van der Waals surface area contributed by atoms with Gasteiger partial charge in [-0.3, -0.25) is 9.59 Å². The van der Waals surface area contributed by atoms with Gasteiger partial charge in [0.1, 0.15) is 11.8 Å². The number of carbonyl (C=O) groups is 2. The standard InChI is InChI=1S/C19H21N3O3S/c1-12(18(24)22-19-21-16(11-26-19)14-6-7-14)20-17(23)10-5-13-3-8-15(25-2)9-4-13/h3-5,8-12,14H,6-7H2,1-2H3,(H,20,23)(H,21,22,24)/b10-5+. The Morgan fingerprint density at radius 1 is 1.31 bits per heavy atom. The first-order chi connectivity index (χ1) is 12.5. The van der Waals surface area contributed by atoms with E-state index in [1.165, 1.54) is 30.3 Å². The molecule has 7 heteroatoms. The second-order valence-corrected chi connectivity index (χ2v) is 7.04. The van der Waals surface area contributed by atoms with Crippen molar-refractivity contribution in [1.82, 2.24) is 10.3 Å². The highest BCUT2D eigenvalue weighted by Gasteiger charge is 2.26. The van der Waals surface area contributed by atoms with Crippen LogP contribution in [0.2, 0.25) is 0 Å². The van der Waals surface area contributed by atoms with Gasteiger partial charge in [-0.15, -0.1) is 11.3 Å². The molecule has 2 aromatic rings. The summed E-state index contributed by atoms with van der Waals surface area (Å²) >= 11 is 1.41. The number of hydrogen-bond acceptors (Lipinski definition) is 5. The van der Waals surface area contributed by atoms with Crippen molar-refractivity contribution in [2.24, 2.45) is 0 Å². The predicted molar refractivity (Wildman–Crippen MR) is 102 cm³/mol. The fourth-order valence-electron chi connectivity index (χ4n) is 2.34. The SMILES string of the molecule is COc1ccc(/C=C/C(=O)NC(C)C(=O)Nc2nc(C3CC3)cs2)cc1. The highest BCUT2D eigenvalue weighted by atomic mass is 32.1. The van der Waals surface area contributed by atoms with E-state index in [1.54, 1.807) is 20.1 Å². The Morgan fingerprint density at radius 3 is 2.69 bits per heavy atom. The highest BCUT2D eigenvalue weighted by Crippen LogP contribution is 2.40. The minimum atomic E-state index is -0.656. The van der Waals surface area contributed by atoms with Gasteiger partial charge in [-0.2, -0.15) is 0 Å². The lowest BCUT2D eigenvalue weighted by Gasteiger charge is -2.11. The number of nitrogens with zero attached hydrogens (tertiary/aromatic N) is 1. The Balaban J connectivity index is 1.48. The number of amides is 2. The number of ether oxygens (including phenoxy) is 1. The summed E-state index contributed by atoms with van der Waals surface area (Å²) in [6, 6.07) is 6.67. The molecule has 0 aliphatic heterocycles. The van der Waals surface area contributed by atoms with Crippen LogP contribution in [0, 0.1) is 0 Å². The van der Waals surface area contributed by atoms with Crippen molar-refractivity contribution < 1.29 is 14.3 Å². The maximum atomic E-state index is 12.2. The van der Waals surface area contributed by atoms with Crippen molar-refractivity contribution in [3.8, 4) is 5.75 Å². The Kier molecular flexibility index (Phi) is 5.68. The average Bonchev–Trinajstić information content (AvgIpc) is 3.40. The fraction of sp³-hybridized carbons (Fsp3) is 0.316. The van der Waals surface area contributed by atoms with Crippen LogP contribution in [-0.2, 0) is 9.59 Å². The number of rotatable bonds is 7. The summed E-state index contributed by atoms with van der Waals surface area (Å²) in [6.07, 6.45) is 5.43. The van der Waals surface area contributed by atoms with Crippen molar-refractivity contribution in [3.05, 3.63) is 47.0 Å². The van der Waals surface area contributed by atoms with Gasteiger partial charge in [0.25, 0.3) is 0 Å². The van der Waals surface area contributed by atoms with Gasteiger partial charge in [-0.05, 0) is 43.5 Å². The Hall–Kier alpha value is -2.67. The van der Waals surface area contributed by atoms with Crippen molar-refractivity contribution >= 4 is 34.4 Å². The lowest BCUT2D eigenvalue weighted by molar-refractivity contribution is -0.123. The number of anilines is 1. The molecule has 0 spiro atoms. The minimum Gasteiger partial charge on any atom is -0.497 e. The number of hydrogen-bond donors (Lipinski definition) is 2. The third kappa shape index (κ3) is 4.92. The van der Waals surface area contributed by atoms with Gasteiger partial charge in [0.2, 0.25) is 11.8 Å². The second kappa shape index (κ2) is 8.14. The summed E-state index contributed by atoms with van der Waals surface area (Å²) in [6.45, 7) is 1.64. The molecular formula is C19H21N3O3S. The monoisotopic (exact) mass is 371 g/mol. The molecule has 0 bridgehead atoms. The third-order valence-corrected chi connectivity index (χ3v) is 4.82. The first kappa shape index (κ1) is 18.1. The number of aromatic nitrogens is 1. The van der Waals surface area contributed by atoms with Gasteiger partial charge in [-0.25, -0.2) is 4.98 Å². The number of thiazole rings is 1. The van der Waals surface area contributed by atoms with Gasteiger partial charge < -0.3 is 15.4 Å². The molecule has 1 atom stereocenters. The normalized spacial score (nSPS) is 14.8. The first-order valence-electron chi connectivity index (χ1n) is 8.44. The van der Waals surface area contributed by atoms with E-state index in [2.05, 4.69) is 15.6 Å². The number of methoxy groups -OCH3 is 1. The molecule has 2 N–H and O–H groups in total. The molecule has 1 aromatic carbocycles. The largest absolute Gasteiger partial charge is 0.497 e. The smallest absolute Gasteiger partial charge is 0.248 e. The van der Waals surface area contributed by atoms with E-state index in [0.717, 1.165) is 17.0 Å². The molecule has 2 amide bonds. The van der Waals surface area contributed by atoms with Crippen LogP contribution in [0.15, 0.2) is 35.7 Å². The van der Waals surface area contributed by atoms with E-state index in [0.29, 0.717) is 11.0 Å². The molecular weight excluding hydrogens is 350 g/mol. The highest BCUT2D eigenvalue weighted by molar-refractivity contribution is 7.13. The maximum absolute atomic E-state index is 12.2. The summed E-state index contributed by atoms with van der Waals surface area (Å²) in [5.41, 5.74) is 1.91. The molecule has 1 aliphatic carbocycles. The molecule has 1 fully saturated rings. The summed E-state index contributed by atoms with van der Waals surface area (Å²) in [5.74, 6) is 0.690. The summed E-state index contributed by atoms with van der Waals surface area (Å²) in [5, 5.41) is 7.96. The van der Waals surface area contributed by atoms with Gasteiger partial charge in [-0.1, -0.05) is 12.1 Å². The summed E-state index contributed by atoms with van der Waals surface area (Å²) in [4.78, 5) is 28.6. The topological polar surface area (TPSA) is 80.3 Å². The maximum Gasteiger partial charge on any atom is 0.248 e. The molecule has 136 valence electrons. The molecule has 1 saturated carbocycles. The molecule has 1 aromatic heterocycles. The second-order valence-electron chi connectivity index (χ2n) is 6.18. The molecule has 0 radical (unpaired) electrons. The molecule has 26 heavy (non-hydrogen) atoms. The van der Waals surface area contributed by atoms with Crippen LogP contribution in [0.25, 0.3) is 6.08 Å². The molecule has 1 aliphatic rings. The van der Waals surface area contributed by atoms with Crippen molar-refractivity contribution in [3.63, 3.8) is 0 Å². The van der Waals surface area contributed by atoms with Crippen molar-refractivity contribution in [2.75, 3.05) is 12.4 Å². The van der Waals surface area contributed by atoms with E-state index >= 15 is 0 Å². The fourth-order valence-corrected chi connectivity index (χ4v) is 3.13. The molecule has 3 rings (SSSR count). The number of carbonyl (C=O) groups excluding carboxylic acids is 2. The zero-order valence-corrected chi connectivity index (χ0v) is 15.5. The number of nitrogens with one attached hydrogen (secondary N) is 2. The summed E-state index contributed by atoms with van der Waals surface area (Å²) in [7, 11) is 1.60. The number of benzene rings is 1. The van der Waals surface area contributed by atoms with Crippen LogP contribution in [0.3, 0.4) is 0 Å². The van der Waals surface area contributed by atoms with Gasteiger partial charge in [0.15, 0.2) is 5.13 Å². The van der Waals surface area contributed by atoms with E-state index in [1.807, 2.05) is 29.6 Å². The van der Waals surface area contributed by atoms with Crippen molar-refractivity contribution in [2.45, 2.75) is 31.7 Å². The van der Waals surface area contributed by atoms with Crippen LogP contribution < -0.4 is 15.4 Å². The Morgan fingerprint density at radius 2 is 2.04 bits per heavy atom. The lowest BCUT2D eigenvalue weighted by Crippen LogP contribution is -2.40. The zero-order chi connectivity index (χ0) is 18.5. The molecule has 1 heterocycles. The lowest BCUT2D eigenvalue weighted by atomic mass is 10.2. The molecule has 0 saturated heterocycles. The minimum absolute atomic E-state index is 0.284. The molecule has 6 nitrogen and oxygen atoms in total. The zero-order valence-electron chi connectivity index (χ0n) is 14.7. The van der Waals surface area contributed by atoms with Gasteiger partial charge in [0.05, 0.1) is 12.8 Å². The third-order valence-electron chi connectivity index (χ3n) is 4.04.